The first-order valence-electron chi connectivity index (χ1n) is 10.8. The molecule has 2 aliphatic rings. The van der Waals surface area contributed by atoms with Crippen LogP contribution in [0.15, 0.2) is 65.3 Å². The molecule has 2 atom stereocenters. The zero-order valence-electron chi connectivity index (χ0n) is 19.5. The molecule has 178 valence electrons. The van der Waals surface area contributed by atoms with Crippen LogP contribution in [0.4, 0.5) is 0 Å². The second kappa shape index (κ2) is 9.51. The molecular formula is C26H27NO7. The van der Waals surface area contributed by atoms with Gasteiger partial charge in [0.1, 0.15) is 11.3 Å². The number of allylic oxidation sites excluding steroid dienone is 2. The third-order valence-corrected chi connectivity index (χ3v) is 6.24. The Balaban J connectivity index is 1.89. The third kappa shape index (κ3) is 3.96. The minimum absolute atomic E-state index is 0.0551. The summed E-state index contributed by atoms with van der Waals surface area (Å²) in [4.78, 5) is 26.3. The summed E-state index contributed by atoms with van der Waals surface area (Å²) in [7, 11) is 5.75. The van der Waals surface area contributed by atoms with Crippen LogP contribution in [0.25, 0.3) is 0 Å². The molecule has 4 rings (SSSR count). The average molecular weight is 466 g/mol. The SMILES string of the molecule is COC(=O)C1=C(N)OC2=C(C(=O)C[C@H](c3ccccc3)C2)[C@@H]1c1cc(OC)c(OC)c(OC)c1. The predicted octanol–water partition coefficient (Wildman–Crippen LogP) is 3.57. The number of esters is 1. The summed E-state index contributed by atoms with van der Waals surface area (Å²) in [5, 5.41) is 0. The number of hydrogen-bond donors (Lipinski definition) is 1. The van der Waals surface area contributed by atoms with Gasteiger partial charge < -0.3 is 29.4 Å². The van der Waals surface area contributed by atoms with E-state index in [1.165, 1.54) is 28.4 Å². The highest BCUT2D eigenvalue weighted by Gasteiger charge is 2.43. The Morgan fingerprint density at radius 3 is 2.15 bits per heavy atom. The molecule has 0 radical (unpaired) electrons. The van der Waals surface area contributed by atoms with Crippen molar-refractivity contribution in [1.82, 2.24) is 0 Å². The van der Waals surface area contributed by atoms with Crippen molar-refractivity contribution < 1.29 is 33.3 Å². The van der Waals surface area contributed by atoms with Gasteiger partial charge in [0.25, 0.3) is 0 Å². The summed E-state index contributed by atoms with van der Waals surface area (Å²) in [6.45, 7) is 0. The largest absolute Gasteiger partial charge is 0.493 e. The lowest BCUT2D eigenvalue weighted by Gasteiger charge is -2.35. The number of ether oxygens (including phenoxy) is 5. The van der Waals surface area contributed by atoms with E-state index in [-0.39, 0.29) is 29.6 Å². The number of carbonyl (C=O) groups is 2. The van der Waals surface area contributed by atoms with Gasteiger partial charge in [0.05, 0.1) is 34.4 Å². The number of rotatable bonds is 6. The molecule has 0 spiro atoms. The molecule has 1 aliphatic carbocycles. The second-order valence-corrected chi connectivity index (χ2v) is 8.04. The van der Waals surface area contributed by atoms with Gasteiger partial charge in [-0.25, -0.2) is 4.79 Å². The van der Waals surface area contributed by atoms with E-state index >= 15 is 0 Å². The van der Waals surface area contributed by atoms with Crippen LogP contribution in [-0.4, -0.2) is 40.2 Å². The van der Waals surface area contributed by atoms with Crippen molar-refractivity contribution in [3.8, 4) is 17.2 Å². The molecule has 0 amide bonds. The number of carbonyl (C=O) groups excluding carboxylic acids is 2. The first-order valence-corrected chi connectivity index (χ1v) is 10.8. The molecule has 2 N–H and O–H groups in total. The first kappa shape index (κ1) is 23.2. The number of methoxy groups -OCH3 is 4. The Morgan fingerprint density at radius 2 is 1.59 bits per heavy atom. The van der Waals surface area contributed by atoms with Crippen LogP contribution in [-0.2, 0) is 19.1 Å². The van der Waals surface area contributed by atoms with E-state index in [1.54, 1.807) is 12.1 Å². The van der Waals surface area contributed by atoms with Crippen molar-refractivity contribution in [3.63, 3.8) is 0 Å². The fourth-order valence-corrected chi connectivity index (χ4v) is 4.68. The molecule has 0 fully saturated rings. The van der Waals surface area contributed by atoms with Gasteiger partial charge in [0, 0.05) is 18.4 Å². The van der Waals surface area contributed by atoms with Crippen molar-refractivity contribution in [3.05, 3.63) is 76.4 Å². The predicted molar refractivity (Wildman–Crippen MR) is 124 cm³/mol. The van der Waals surface area contributed by atoms with E-state index in [0.717, 1.165) is 5.56 Å². The van der Waals surface area contributed by atoms with Crippen LogP contribution < -0.4 is 19.9 Å². The maximum atomic E-state index is 13.6. The Kier molecular flexibility index (Phi) is 6.49. The van der Waals surface area contributed by atoms with Crippen LogP contribution in [0.2, 0.25) is 0 Å². The standard InChI is InChI=1S/C26H27NO7/c1-30-19-12-16(13-20(31-2)24(19)32-3)21-22-17(28)10-15(14-8-6-5-7-9-14)11-18(22)34-25(27)23(21)26(29)33-4/h5-9,12-13,15,21H,10-11,27H2,1-4H3/t15-,21-/m0/s1. The van der Waals surface area contributed by atoms with E-state index in [9.17, 15) is 9.59 Å². The first-order chi connectivity index (χ1) is 16.4. The van der Waals surface area contributed by atoms with Crippen molar-refractivity contribution in [2.45, 2.75) is 24.7 Å². The maximum absolute atomic E-state index is 13.6. The summed E-state index contributed by atoms with van der Waals surface area (Å²) in [5.74, 6) is -0.138. The quantitative estimate of drug-likeness (QED) is 0.646. The van der Waals surface area contributed by atoms with E-state index in [2.05, 4.69) is 0 Å². The highest BCUT2D eigenvalue weighted by Crippen LogP contribution is 2.50. The van der Waals surface area contributed by atoms with Gasteiger partial charge >= 0.3 is 5.97 Å². The van der Waals surface area contributed by atoms with Crippen molar-refractivity contribution in [2.24, 2.45) is 5.73 Å². The van der Waals surface area contributed by atoms with Gasteiger partial charge in [-0.05, 0) is 29.2 Å². The fourth-order valence-electron chi connectivity index (χ4n) is 4.68. The maximum Gasteiger partial charge on any atom is 0.340 e. The van der Waals surface area contributed by atoms with Crippen molar-refractivity contribution in [1.29, 1.82) is 0 Å². The van der Waals surface area contributed by atoms with Gasteiger partial charge in [-0.3, -0.25) is 4.79 Å². The molecule has 0 saturated heterocycles. The topological polar surface area (TPSA) is 106 Å². The summed E-state index contributed by atoms with van der Waals surface area (Å²) in [6.07, 6.45) is 0.753. The number of benzene rings is 2. The minimum Gasteiger partial charge on any atom is -0.493 e. The number of hydrogen-bond acceptors (Lipinski definition) is 8. The van der Waals surface area contributed by atoms with Gasteiger partial charge in [-0.2, -0.15) is 0 Å². The lowest BCUT2D eigenvalue weighted by atomic mass is 9.73. The Morgan fingerprint density at radius 1 is 0.941 bits per heavy atom. The number of Topliss-reactive ketones (excluding diaryl/α,β-unsaturated/α-hetero) is 1. The molecule has 0 saturated carbocycles. The molecule has 0 unspecified atom stereocenters. The van der Waals surface area contributed by atoms with Crippen LogP contribution in [0.3, 0.4) is 0 Å². The summed E-state index contributed by atoms with van der Waals surface area (Å²) < 4.78 is 27.3. The third-order valence-electron chi connectivity index (χ3n) is 6.24. The molecule has 0 bridgehead atoms. The summed E-state index contributed by atoms with van der Waals surface area (Å²) in [6, 6.07) is 13.2. The Labute approximate surface area is 197 Å². The number of nitrogens with two attached hydrogens (primary N) is 1. The molecule has 8 heteroatoms. The van der Waals surface area contributed by atoms with Gasteiger partial charge in [-0.1, -0.05) is 30.3 Å². The lowest BCUT2D eigenvalue weighted by molar-refractivity contribution is -0.136. The Bertz CT molecular complexity index is 1160. The molecular weight excluding hydrogens is 438 g/mol. The van der Waals surface area contributed by atoms with Crippen LogP contribution in [0.1, 0.15) is 35.8 Å². The van der Waals surface area contributed by atoms with Gasteiger partial charge in [-0.15, -0.1) is 0 Å². The normalized spacial score (nSPS) is 19.8. The monoisotopic (exact) mass is 465 g/mol. The van der Waals surface area contributed by atoms with Gasteiger partial charge in [0.2, 0.25) is 11.6 Å². The zero-order valence-corrected chi connectivity index (χ0v) is 19.5. The van der Waals surface area contributed by atoms with Crippen LogP contribution >= 0.6 is 0 Å². The minimum atomic E-state index is -0.811. The second-order valence-electron chi connectivity index (χ2n) is 8.04. The Hall–Kier alpha value is -3.94. The summed E-state index contributed by atoms with van der Waals surface area (Å²) >= 11 is 0. The van der Waals surface area contributed by atoms with Crippen LogP contribution in [0, 0.1) is 0 Å². The van der Waals surface area contributed by atoms with Crippen LogP contribution in [0.5, 0.6) is 17.2 Å². The zero-order chi connectivity index (χ0) is 24.4. The molecule has 34 heavy (non-hydrogen) atoms. The molecule has 0 aromatic heterocycles. The van der Waals surface area contributed by atoms with E-state index in [1.807, 2.05) is 30.3 Å². The van der Waals surface area contributed by atoms with E-state index in [0.29, 0.717) is 40.6 Å². The molecule has 2 aromatic carbocycles. The van der Waals surface area contributed by atoms with E-state index < -0.39 is 11.9 Å². The average Bonchev–Trinajstić information content (AvgIpc) is 2.86. The van der Waals surface area contributed by atoms with Crippen molar-refractivity contribution in [2.75, 3.05) is 28.4 Å². The smallest absolute Gasteiger partial charge is 0.340 e. The molecule has 1 heterocycles. The molecule has 8 nitrogen and oxygen atoms in total. The fraction of sp³-hybridized carbons (Fsp3) is 0.308. The molecule has 1 aliphatic heterocycles. The highest BCUT2D eigenvalue weighted by molar-refractivity contribution is 6.03. The summed E-state index contributed by atoms with van der Waals surface area (Å²) in [5.41, 5.74) is 8.29. The van der Waals surface area contributed by atoms with E-state index in [4.69, 9.17) is 29.4 Å². The number of ketones is 1. The van der Waals surface area contributed by atoms with Crippen molar-refractivity contribution >= 4 is 11.8 Å². The highest BCUT2D eigenvalue weighted by atomic mass is 16.5. The molecule has 2 aromatic rings. The lowest BCUT2D eigenvalue weighted by Crippen LogP contribution is -2.33. The van der Waals surface area contributed by atoms with Gasteiger partial charge in [0.15, 0.2) is 17.3 Å².